The van der Waals surface area contributed by atoms with Gasteiger partial charge in [-0.2, -0.15) is 0 Å². The third-order valence-electron chi connectivity index (χ3n) is 7.50. The fourth-order valence-corrected chi connectivity index (χ4v) is 5.40. The smallest absolute Gasteiger partial charge is 0.225 e. The number of hydrogen-bond acceptors (Lipinski definition) is 3. The maximum absolute atomic E-state index is 12.2. The molecule has 6 rings (SSSR count). The molecule has 182 valence electrons. The van der Waals surface area contributed by atoms with Gasteiger partial charge in [0.1, 0.15) is 0 Å². The summed E-state index contributed by atoms with van der Waals surface area (Å²) in [5, 5.41) is 1.23. The number of H-pyrrole nitrogens is 1. The zero-order chi connectivity index (χ0) is 24.6. The Bertz CT molecular complexity index is 1440. The molecule has 1 amide bonds. The van der Waals surface area contributed by atoms with E-state index in [1.807, 2.05) is 31.1 Å². The number of nitrogens with one attached hydrogen (secondary N) is 1. The van der Waals surface area contributed by atoms with Crippen LogP contribution in [0.1, 0.15) is 36.2 Å². The molecular weight excluding hydrogens is 444 g/mol. The maximum Gasteiger partial charge on any atom is 0.225 e. The van der Waals surface area contributed by atoms with Crippen LogP contribution < -0.4 is 0 Å². The van der Waals surface area contributed by atoms with E-state index in [0.717, 1.165) is 55.9 Å². The normalized spacial score (nSPS) is 16.0. The average Bonchev–Trinajstić information content (AvgIpc) is 3.55. The first-order valence-electron chi connectivity index (χ1n) is 12.9. The summed E-state index contributed by atoms with van der Waals surface area (Å²) in [6.07, 6.45) is 7.17. The van der Waals surface area contributed by atoms with Crippen molar-refractivity contribution in [2.24, 2.45) is 5.92 Å². The highest BCUT2D eigenvalue weighted by molar-refractivity contribution is 5.91. The molecule has 1 aliphatic heterocycles. The molecule has 0 saturated carbocycles. The highest BCUT2D eigenvalue weighted by atomic mass is 16.2. The number of rotatable bonds is 5. The molecule has 1 fully saturated rings. The van der Waals surface area contributed by atoms with Crippen LogP contribution in [-0.4, -0.2) is 51.9 Å². The zero-order valence-corrected chi connectivity index (χ0v) is 21.0. The first-order chi connectivity index (χ1) is 17.5. The molecule has 0 unspecified atom stereocenters. The summed E-state index contributed by atoms with van der Waals surface area (Å²) in [7, 11) is 0. The van der Waals surface area contributed by atoms with Crippen molar-refractivity contribution in [2.45, 2.75) is 26.8 Å². The van der Waals surface area contributed by atoms with Crippen LogP contribution >= 0.6 is 0 Å². The number of aromatic amines is 1. The van der Waals surface area contributed by atoms with E-state index in [2.05, 4.69) is 70.6 Å². The van der Waals surface area contributed by atoms with Gasteiger partial charge in [0.25, 0.3) is 0 Å². The highest BCUT2D eigenvalue weighted by Gasteiger charge is 2.23. The van der Waals surface area contributed by atoms with Gasteiger partial charge in [-0.25, -0.2) is 0 Å². The van der Waals surface area contributed by atoms with Crippen LogP contribution in [0.5, 0.6) is 0 Å². The first-order valence-corrected chi connectivity index (χ1v) is 12.9. The van der Waals surface area contributed by atoms with Gasteiger partial charge in [-0.15, -0.1) is 0 Å². The number of pyridine rings is 1. The summed E-state index contributed by atoms with van der Waals surface area (Å²) < 4.78 is 0. The molecule has 2 aromatic carbocycles. The lowest BCUT2D eigenvalue weighted by molar-refractivity contribution is -0.136. The molecule has 5 heteroatoms. The quantitative estimate of drug-likeness (QED) is 0.413. The van der Waals surface area contributed by atoms with Gasteiger partial charge >= 0.3 is 0 Å². The predicted molar refractivity (Wildman–Crippen MR) is 145 cm³/mol. The Labute approximate surface area is 212 Å². The van der Waals surface area contributed by atoms with Crippen molar-refractivity contribution >= 4 is 22.4 Å². The molecule has 1 saturated heterocycles. The van der Waals surface area contributed by atoms with Gasteiger partial charge in [0.15, 0.2) is 0 Å². The summed E-state index contributed by atoms with van der Waals surface area (Å²) in [5.74, 6) is 0.345. The molecule has 0 atom stereocenters. The molecule has 36 heavy (non-hydrogen) atoms. The van der Waals surface area contributed by atoms with Crippen LogP contribution in [-0.2, 0) is 17.8 Å². The van der Waals surface area contributed by atoms with Crippen molar-refractivity contribution in [3.05, 3.63) is 95.5 Å². The Morgan fingerprint density at radius 3 is 2.50 bits per heavy atom. The number of amides is 1. The number of nitrogens with zero attached hydrogens (tertiary/aromatic N) is 3. The van der Waals surface area contributed by atoms with Gasteiger partial charge < -0.3 is 9.88 Å². The Morgan fingerprint density at radius 1 is 0.944 bits per heavy atom. The number of aromatic nitrogens is 2. The number of piperazine rings is 1. The second kappa shape index (κ2) is 9.40. The van der Waals surface area contributed by atoms with E-state index in [1.165, 1.54) is 33.2 Å². The summed E-state index contributed by atoms with van der Waals surface area (Å²) in [6.45, 7) is 8.38. The van der Waals surface area contributed by atoms with E-state index in [0.29, 0.717) is 0 Å². The summed E-state index contributed by atoms with van der Waals surface area (Å²) in [6, 6.07) is 19.9. The average molecular weight is 477 g/mol. The second-order valence-electron chi connectivity index (χ2n) is 10.3. The third-order valence-corrected chi connectivity index (χ3v) is 7.50. The van der Waals surface area contributed by atoms with Crippen molar-refractivity contribution in [2.75, 3.05) is 26.2 Å². The number of carbonyl (C=O) groups excluding carboxylic acids is 1. The van der Waals surface area contributed by atoms with Crippen LogP contribution in [0.25, 0.3) is 27.6 Å². The van der Waals surface area contributed by atoms with Crippen molar-refractivity contribution in [3.63, 3.8) is 0 Å². The van der Waals surface area contributed by atoms with Crippen LogP contribution in [0.2, 0.25) is 0 Å². The van der Waals surface area contributed by atoms with Gasteiger partial charge in [-0.3, -0.25) is 14.7 Å². The predicted octanol–water partition coefficient (Wildman–Crippen LogP) is 5.52. The Balaban J connectivity index is 1.15. The first kappa shape index (κ1) is 22.7. The maximum atomic E-state index is 12.2. The molecule has 2 aliphatic rings. The molecule has 1 aliphatic carbocycles. The van der Waals surface area contributed by atoms with E-state index >= 15 is 0 Å². The summed E-state index contributed by atoms with van der Waals surface area (Å²) >= 11 is 0. The van der Waals surface area contributed by atoms with Crippen molar-refractivity contribution in [3.8, 4) is 11.1 Å². The lowest BCUT2D eigenvalue weighted by atomic mass is 9.97. The zero-order valence-electron chi connectivity index (χ0n) is 21.0. The Hall–Kier alpha value is -3.70. The van der Waals surface area contributed by atoms with Crippen LogP contribution in [0.15, 0.2) is 73.1 Å². The van der Waals surface area contributed by atoms with Crippen molar-refractivity contribution in [1.29, 1.82) is 0 Å². The largest absolute Gasteiger partial charge is 0.361 e. The SMILES string of the molecule is CC(C)C(=O)N1CCN(Cc2ccc(-c3cnc4c(c3)C(c3ccc5[nH]ccc5c3)=CC4)cc2)CC1. The third kappa shape index (κ3) is 4.35. The second-order valence-corrected chi connectivity index (χ2v) is 10.3. The number of benzene rings is 2. The lowest BCUT2D eigenvalue weighted by Gasteiger charge is -2.35. The van der Waals surface area contributed by atoms with Crippen LogP contribution in [0, 0.1) is 5.92 Å². The molecule has 0 radical (unpaired) electrons. The number of fused-ring (bicyclic) bond motifs is 2. The minimum absolute atomic E-state index is 0.0761. The standard InChI is InChI=1S/C31H32N4O/c1-21(2)31(36)35-15-13-34(14-16-35)20-22-3-5-23(6-4-22)26-18-28-27(8-10-30(28)33-19-26)24-7-9-29-25(17-24)11-12-32-29/h3-9,11-12,17-19,21,32H,10,13-16,20H2,1-2H3. The van der Waals surface area contributed by atoms with E-state index in [9.17, 15) is 4.79 Å². The summed E-state index contributed by atoms with van der Waals surface area (Å²) in [4.78, 5) is 24.8. The van der Waals surface area contributed by atoms with E-state index in [4.69, 9.17) is 4.98 Å². The van der Waals surface area contributed by atoms with E-state index in [1.54, 1.807) is 0 Å². The molecule has 1 N–H and O–H groups in total. The van der Waals surface area contributed by atoms with Gasteiger partial charge in [-0.05, 0) is 51.9 Å². The van der Waals surface area contributed by atoms with Gasteiger partial charge in [0.2, 0.25) is 5.91 Å². The number of carbonyl (C=O) groups is 1. The number of hydrogen-bond donors (Lipinski definition) is 1. The topological polar surface area (TPSA) is 52.2 Å². The number of allylic oxidation sites excluding steroid dienone is 1. The van der Waals surface area contributed by atoms with Crippen molar-refractivity contribution < 1.29 is 4.79 Å². The van der Waals surface area contributed by atoms with E-state index in [-0.39, 0.29) is 11.8 Å². The fourth-order valence-electron chi connectivity index (χ4n) is 5.40. The molecule has 0 spiro atoms. The Morgan fingerprint density at radius 2 is 1.72 bits per heavy atom. The van der Waals surface area contributed by atoms with E-state index < -0.39 is 0 Å². The molecule has 3 heterocycles. The molecular formula is C31H32N4O. The Kier molecular flexibility index (Phi) is 5.94. The molecule has 5 nitrogen and oxygen atoms in total. The highest BCUT2D eigenvalue weighted by Crippen LogP contribution is 2.35. The minimum atomic E-state index is 0.0761. The fraction of sp³-hybridized carbons (Fsp3) is 0.290. The van der Waals surface area contributed by atoms with Crippen LogP contribution in [0.3, 0.4) is 0 Å². The monoisotopic (exact) mass is 476 g/mol. The molecule has 0 bridgehead atoms. The molecule has 4 aromatic rings. The van der Waals surface area contributed by atoms with Crippen molar-refractivity contribution in [1.82, 2.24) is 19.8 Å². The minimum Gasteiger partial charge on any atom is -0.361 e. The lowest BCUT2D eigenvalue weighted by Crippen LogP contribution is -2.49. The van der Waals surface area contributed by atoms with Gasteiger partial charge in [-0.1, -0.05) is 50.3 Å². The van der Waals surface area contributed by atoms with Crippen LogP contribution in [0.4, 0.5) is 0 Å². The van der Waals surface area contributed by atoms with Gasteiger partial charge in [0, 0.05) is 74.1 Å². The summed E-state index contributed by atoms with van der Waals surface area (Å²) in [5.41, 5.74) is 9.70. The molecule has 2 aromatic heterocycles. The van der Waals surface area contributed by atoms with Gasteiger partial charge in [0.05, 0.1) is 5.69 Å².